The fraction of sp³-hybridized carbons (Fsp3) is 0.947. The van der Waals surface area contributed by atoms with Crippen LogP contribution in [-0.4, -0.2) is 53.0 Å². The highest BCUT2D eigenvalue weighted by atomic mass is 32.2. The molecule has 0 aromatic carbocycles. The molecule has 1 aliphatic rings. The molecule has 1 aliphatic carbocycles. The van der Waals surface area contributed by atoms with Crippen molar-refractivity contribution in [1.82, 2.24) is 10.6 Å². The van der Waals surface area contributed by atoms with Crippen molar-refractivity contribution in [2.24, 2.45) is 10.9 Å². The fourth-order valence-electron chi connectivity index (χ4n) is 3.39. The SMILES string of the molecule is CCNC(=NCCC(OCC)C(C)C)NC1CCCC(S(=O)CC)C1. The van der Waals surface area contributed by atoms with Crippen molar-refractivity contribution in [2.45, 2.75) is 84.1 Å². The van der Waals surface area contributed by atoms with Gasteiger partial charge in [0.15, 0.2) is 5.96 Å². The van der Waals surface area contributed by atoms with Crippen LogP contribution in [0.2, 0.25) is 0 Å². The molecule has 0 heterocycles. The van der Waals surface area contributed by atoms with E-state index in [1.807, 2.05) is 13.8 Å². The van der Waals surface area contributed by atoms with Crippen LogP contribution in [0, 0.1) is 5.92 Å². The molecule has 6 heteroatoms. The summed E-state index contributed by atoms with van der Waals surface area (Å²) in [4.78, 5) is 4.74. The van der Waals surface area contributed by atoms with Crippen LogP contribution < -0.4 is 10.6 Å². The second kappa shape index (κ2) is 12.7. The smallest absolute Gasteiger partial charge is 0.191 e. The zero-order valence-electron chi connectivity index (χ0n) is 16.8. The average molecular weight is 374 g/mol. The summed E-state index contributed by atoms with van der Waals surface area (Å²) in [6.45, 7) is 12.9. The van der Waals surface area contributed by atoms with Crippen LogP contribution in [0.25, 0.3) is 0 Å². The largest absolute Gasteiger partial charge is 0.378 e. The third-order valence-corrected chi connectivity index (χ3v) is 6.52. The summed E-state index contributed by atoms with van der Waals surface area (Å²) in [6, 6.07) is 0.375. The highest BCUT2D eigenvalue weighted by Crippen LogP contribution is 2.23. The van der Waals surface area contributed by atoms with Crippen LogP contribution in [0.1, 0.15) is 66.7 Å². The minimum Gasteiger partial charge on any atom is -0.378 e. The normalized spacial score (nSPS) is 24.2. The fourth-order valence-corrected chi connectivity index (χ4v) is 4.74. The van der Waals surface area contributed by atoms with Crippen molar-refractivity contribution in [2.75, 3.05) is 25.4 Å². The van der Waals surface area contributed by atoms with Crippen LogP contribution in [-0.2, 0) is 15.5 Å². The predicted octanol–water partition coefficient (Wildman–Crippen LogP) is 3.07. The Morgan fingerprint density at radius 2 is 2.04 bits per heavy atom. The molecule has 0 bridgehead atoms. The molecule has 2 N–H and O–H groups in total. The van der Waals surface area contributed by atoms with Crippen molar-refractivity contribution in [3.63, 3.8) is 0 Å². The van der Waals surface area contributed by atoms with Crippen LogP contribution in [0.5, 0.6) is 0 Å². The maximum atomic E-state index is 12.1. The minimum absolute atomic E-state index is 0.266. The molecule has 0 amide bonds. The summed E-state index contributed by atoms with van der Waals surface area (Å²) in [6.07, 6.45) is 5.56. The molecule has 1 saturated carbocycles. The number of nitrogens with zero attached hydrogens (tertiary/aromatic N) is 1. The Kier molecular flexibility index (Phi) is 11.4. The predicted molar refractivity (Wildman–Crippen MR) is 109 cm³/mol. The number of ether oxygens (including phenoxy) is 1. The Balaban J connectivity index is 2.55. The molecule has 0 aliphatic heterocycles. The van der Waals surface area contributed by atoms with Gasteiger partial charge in [0.05, 0.1) is 6.10 Å². The van der Waals surface area contributed by atoms with Gasteiger partial charge in [-0.15, -0.1) is 0 Å². The minimum atomic E-state index is -0.689. The molecule has 148 valence electrons. The number of hydrogen-bond acceptors (Lipinski definition) is 3. The second-order valence-corrected chi connectivity index (χ2v) is 9.09. The molecule has 5 nitrogen and oxygen atoms in total. The number of nitrogens with one attached hydrogen (secondary N) is 2. The van der Waals surface area contributed by atoms with Gasteiger partial charge in [-0.1, -0.05) is 27.2 Å². The number of guanidine groups is 1. The maximum Gasteiger partial charge on any atom is 0.191 e. The van der Waals surface area contributed by atoms with Crippen molar-refractivity contribution in [1.29, 1.82) is 0 Å². The van der Waals surface area contributed by atoms with E-state index in [-0.39, 0.29) is 6.10 Å². The molecule has 1 rings (SSSR count). The summed E-state index contributed by atoms with van der Waals surface area (Å²) in [5.74, 6) is 2.16. The van der Waals surface area contributed by atoms with Crippen LogP contribution in [0.15, 0.2) is 4.99 Å². The van der Waals surface area contributed by atoms with Gasteiger partial charge in [0.2, 0.25) is 0 Å². The first-order chi connectivity index (χ1) is 12.0. The highest BCUT2D eigenvalue weighted by molar-refractivity contribution is 7.85. The maximum absolute atomic E-state index is 12.1. The van der Waals surface area contributed by atoms with Crippen LogP contribution >= 0.6 is 0 Å². The summed E-state index contributed by atoms with van der Waals surface area (Å²) in [5, 5.41) is 7.25. The molecular formula is C19H39N3O2S. The lowest BCUT2D eigenvalue weighted by atomic mass is 9.95. The Morgan fingerprint density at radius 1 is 1.28 bits per heavy atom. The van der Waals surface area contributed by atoms with Gasteiger partial charge < -0.3 is 15.4 Å². The van der Waals surface area contributed by atoms with Crippen molar-refractivity contribution in [3.8, 4) is 0 Å². The molecule has 0 radical (unpaired) electrons. The van der Waals surface area contributed by atoms with Crippen molar-refractivity contribution in [3.05, 3.63) is 0 Å². The molecule has 1 fully saturated rings. The topological polar surface area (TPSA) is 62.7 Å². The van der Waals surface area contributed by atoms with Gasteiger partial charge >= 0.3 is 0 Å². The van der Waals surface area contributed by atoms with E-state index in [0.29, 0.717) is 17.2 Å². The zero-order chi connectivity index (χ0) is 18.7. The number of rotatable bonds is 10. The Labute approximate surface area is 157 Å². The van der Waals surface area contributed by atoms with Crippen LogP contribution in [0.3, 0.4) is 0 Å². The van der Waals surface area contributed by atoms with E-state index >= 15 is 0 Å². The molecule has 0 saturated heterocycles. The van der Waals surface area contributed by atoms with E-state index < -0.39 is 10.8 Å². The van der Waals surface area contributed by atoms with E-state index in [1.54, 1.807) is 0 Å². The molecule has 0 aromatic heterocycles. The first-order valence-corrected chi connectivity index (χ1v) is 11.4. The Hall–Kier alpha value is -0.620. The molecule has 0 aromatic rings. The number of aliphatic imine (C=N–C) groups is 1. The lowest BCUT2D eigenvalue weighted by Gasteiger charge is -2.30. The lowest BCUT2D eigenvalue weighted by Crippen LogP contribution is -2.46. The van der Waals surface area contributed by atoms with E-state index in [2.05, 4.69) is 31.4 Å². The highest BCUT2D eigenvalue weighted by Gasteiger charge is 2.26. The molecule has 0 spiro atoms. The molecule has 4 atom stereocenters. The monoisotopic (exact) mass is 373 g/mol. The third kappa shape index (κ3) is 8.54. The summed E-state index contributed by atoms with van der Waals surface area (Å²) in [7, 11) is -0.689. The second-order valence-electron chi connectivity index (χ2n) is 7.09. The van der Waals surface area contributed by atoms with Crippen LogP contribution in [0.4, 0.5) is 0 Å². The van der Waals surface area contributed by atoms with Crippen molar-refractivity contribution >= 4 is 16.8 Å². The molecule has 25 heavy (non-hydrogen) atoms. The van der Waals surface area contributed by atoms with Crippen molar-refractivity contribution < 1.29 is 8.95 Å². The molecule has 4 unspecified atom stereocenters. The summed E-state index contributed by atoms with van der Waals surface area (Å²) >= 11 is 0. The first-order valence-electron chi connectivity index (χ1n) is 10.0. The molecular weight excluding hydrogens is 334 g/mol. The van der Waals surface area contributed by atoms with Gasteiger partial charge in [-0.2, -0.15) is 0 Å². The Bertz CT molecular complexity index is 415. The number of hydrogen-bond donors (Lipinski definition) is 2. The van der Waals surface area contributed by atoms with E-state index in [4.69, 9.17) is 9.73 Å². The van der Waals surface area contributed by atoms with Gasteiger partial charge in [-0.3, -0.25) is 9.20 Å². The quantitative estimate of drug-likeness (QED) is 0.456. The lowest BCUT2D eigenvalue weighted by molar-refractivity contribution is 0.0266. The zero-order valence-corrected chi connectivity index (χ0v) is 17.7. The van der Waals surface area contributed by atoms with Gasteiger partial charge in [0.1, 0.15) is 0 Å². The van der Waals surface area contributed by atoms with E-state index in [9.17, 15) is 4.21 Å². The summed E-state index contributed by atoms with van der Waals surface area (Å²) < 4.78 is 17.9. The van der Waals surface area contributed by atoms with Gasteiger partial charge in [0, 0.05) is 47.5 Å². The Morgan fingerprint density at radius 3 is 2.64 bits per heavy atom. The third-order valence-electron chi connectivity index (χ3n) is 4.78. The van der Waals surface area contributed by atoms with Gasteiger partial charge in [-0.25, -0.2) is 0 Å². The van der Waals surface area contributed by atoms with E-state index in [0.717, 1.165) is 63.5 Å². The van der Waals surface area contributed by atoms with E-state index in [1.165, 1.54) is 0 Å². The standard InChI is InChI=1S/C19H39N3O2S/c1-6-20-19(21-13-12-18(15(4)5)24-7-2)22-16-10-9-11-17(14-16)25(23)8-3/h15-18H,6-14H2,1-5H3,(H2,20,21,22). The first kappa shape index (κ1) is 22.4. The average Bonchev–Trinajstić information content (AvgIpc) is 2.60. The van der Waals surface area contributed by atoms with Gasteiger partial charge in [0.25, 0.3) is 0 Å². The van der Waals surface area contributed by atoms with Gasteiger partial charge in [-0.05, 0) is 45.4 Å². The summed E-state index contributed by atoms with van der Waals surface area (Å²) in [5.41, 5.74) is 0.